The third kappa shape index (κ3) is 5.80. The van der Waals surface area contributed by atoms with Gasteiger partial charge in [-0.3, -0.25) is 4.90 Å². The Kier molecular flexibility index (Phi) is 9.26. The number of piperidine rings is 2. The van der Waals surface area contributed by atoms with Crippen LogP contribution in [-0.2, 0) is 13.2 Å². The molecule has 2 atom stereocenters. The molecule has 2 saturated heterocycles. The Labute approximate surface area is 191 Å². The first kappa shape index (κ1) is 24.8. The summed E-state index contributed by atoms with van der Waals surface area (Å²) in [6.07, 6.45) is 1.71. The molecule has 2 aromatic carbocycles. The number of rotatable bonds is 6. The van der Waals surface area contributed by atoms with E-state index in [1.807, 2.05) is 30.3 Å². The maximum atomic E-state index is 10.9. The van der Waals surface area contributed by atoms with Crippen molar-refractivity contribution in [3.05, 3.63) is 59.7 Å². The number of aliphatic hydroxyl groups is 1. The van der Waals surface area contributed by atoms with Gasteiger partial charge in [0.05, 0.1) is 12.7 Å². The topological polar surface area (TPSA) is 54.0 Å². The average molecular weight is 455 g/mol. The summed E-state index contributed by atoms with van der Waals surface area (Å²) in [5, 5.41) is 14.3. The summed E-state index contributed by atoms with van der Waals surface area (Å²) in [7, 11) is 1.71. The number of methoxy groups -OCH3 is 1. The van der Waals surface area contributed by atoms with Crippen molar-refractivity contribution >= 4 is 24.8 Å². The number of benzene rings is 2. The van der Waals surface area contributed by atoms with Gasteiger partial charge in [-0.15, -0.1) is 24.8 Å². The van der Waals surface area contributed by atoms with Gasteiger partial charge in [-0.1, -0.05) is 36.4 Å². The summed E-state index contributed by atoms with van der Waals surface area (Å²) < 4.78 is 11.6. The van der Waals surface area contributed by atoms with Crippen LogP contribution in [0.15, 0.2) is 48.5 Å². The minimum Gasteiger partial charge on any atom is -0.496 e. The van der Waals surface area contributed by atoms with Gasteiger partial charge in [0.25, 0.3) is 0 Å². The second kappa shape index (κ2) is 11.2. The number of nitrogens with zero attached hydrogens (tertiary/aromatic N) is 1. The van der Waals surface area contributed by atoms with E-state index >= 15 is 0 Å². The van der Waals surface area contributed by atoms with Crippen molar-refractivity contribution < 1.29 is 14.6 Å². The summed E-state index contributed by atoms with van der Waals surface area (Å²) in [6, 6.07) is 16.2. The summed E-state index contributed by atoms with van der Waals surface area (Å²) >= 11 is 0. The molecule has 2 aliphatic heterocycles. The Hall–Kier alpha value is -1.50. The zero-order valence-corrected chi connectivity index (χ0v) is 19.0. The van der Waals surface area contributed by atoms with Crippen LogP contribution in [0.2, 0.25) is 0 Å². The predicted octanol–water partition coefficient (Wildman–Crippen LogP) is 3.66. The lowest BCUT2D eigenvalue weighted by Gasteiger charge is -2.47. The van der Waals surface area contributed by atoms with E-state index in [0.717, 1.165) is 68.2 Å². The number of nitrogens with one attached hydrogen (secondary N) is 1. The molecule has 0 saturated carbocycles. The highest BCUT2D eigenvalue weighted by Crippen LogP contribution is 2.34. The largest absolute Gasteiger partial charge is 0.496 e. The normalized spacial score (nSPS) is 23.5. The van der Waals surface area contributed by atoms with Crippen LogP contribution in [0, 0.1) is 5.92 Å². The molecule has 0 bridgehead atoms. The number of halogens is 2. The van der Waals surface area contributed by atoms with Gasteiger partial charge in [0, 0.05) is 43.7 Å². The van der Waals surface area contributed by atoms with Crippen LogP contribution in [0.5, 0.6) is 11.5 Å². The molecule has 0 aliphatic carbocycles. The van der Waals surface area contributed by atoms with Crippen LogP contribution in [0.3, 0.4) is 0 Å². The highest BCUT2D eigenvalue weighted by molar-refractivity contribution is 5.85. The van der Waals surface area contributed by atoms with E-state index in [9.17, 15) is 5.11 Å². The van der Waals surface area contributed by atoms with Crippen molar-refractivity contribution in [3.63, 3.8) is 0 Å². The third-order valence-electron chi connectivity index (χ3n) is 6.13. The molecule has 2 fully saturated rings. The zero-order valence-electron chi connectivity index (χ0n) is 17.4. The minimum absolute atomic E-state index is 0. The molecule has 7 heteroatoms. The molecule has 5 nitrogen and oxygen atoms in total. The first-order valence-corrected chi connectivity index (χ1v) is 10.2. The van der Waals surface area contributed by atoms with Crippen LogP contribution in [0.25, 0.3) is 0 Å². The zero-order chi connectivity index (χ0) is 19.4. The van der Waals surface area contributed by atoms with Gasteiger partial charge < -0.3 is 19.9 Å². The van der Waals surface area contributed by atoms with E-state index < -0.39 is 5.60 Å². The second-order valence-electron chi connectivity index (χ2n) is 7.99. The molecule has 166 valence electrons. The van der Waals surface area contributed by atoms with E-state index in [4.69, 9.17) is 9.47 Å². The van der Waals surface area contributed by atoms with E-state index in [1.54, 1.807) is 7.11 Å². The first-order chi connectivity index (χ1) is 13.7. The summed E-state index contributed by atoms with van der Waals surface area (Å²) in [6.45, 7) is 5.03. The lowest BCUT2D eigenvalue weighted by atomic mass is 9.76. The Morgan fingerprint density at radius 2 is 1.93 bits per heavy atom. The van der Waals surface area contributed by atoms with E-state index in [-0.39, 0.29) is 24.8 Å². The molecular weight excluding hydrogens is 423 g/mol. The molecule has 0 amide bonds. The van der Waals surface area contributed by atoms with Gasteiger partial charge in [0.15, 0.2) is 0 Å². The molecule has 2 N–H and O–H groups in total. The number of hydrogen-bond donors (Lipinski definition) is 2. The van der Waals surface area contributed by atoms with Gasteiger partial charge in [-0.25, -0.2) is 0 Å². The fourth-order valence-corrected chi connectivity index (χ4v) is 4.36. The fraction of sp³-hybridized carbons (Fsp3) is 0.478. The fourth-order valence-electron chi connectivity index (χ4n) is 4.36. The van der Waals surface area contributed by atoms with E-state index in [1.165, 1.54) is 0 Å². The van der Waals surface area contributed by atoms with Crippen molar-refractivity contribution in [3.8, 4) is 11.5 Å². The number of fused-ring (bicyclic) bond motifs is 1. The number of hydrogen-bond acceptors (Lipinski definition) is 5. The van der Waals surface area contributed by atoms with Crippen LogP contribution < -0.4 is 14.8 Å². The smallest absolute Gasteiger partial charge is 0.127 e. The number of ether oxygens (including phenoxy) is 2. The molecular formula is C23H32Cl2N2O3. The molecule has 0 unspecified atom stereocenters. The predicted molar refractivity (Wildman–Crippen MR) is 124 cm³/mol. The van der Waals surface area contributed by atoms with Crippen LogP contribution in [0.4, 0.5) is 0 Å². The first-order valence-electron chi connectivity index (χ1n) is 10.2. The van der Waals surface area contributed by atoms with Crippen molar-refractivity contribution in [2.45, 2.75) is 31.6 Å². The summed E-state index contributed by atoms with van der Waals surface area (Å²) in [5.41, 5.74) is 1.82. The Morgan fingerprint density at radius 1 is 1.13 bits per heavy atom. The van der Waals surface area contributed by atoms with Crippen molar-refractivity contribution in [2.75, 3.05) is 33.3 Å². The Morgan fingerprint density at radius 3 is 2.70 bits per heavy atom. The van der Waals surface area contributed by atoms with Gasteiger partial charge in [-0.2, -0.15) is 0 Å². The highest BCUT2D eigenvalue weighted by atomic mass is 35.5. The SMILES string of the molecule is COc1cc(OCc2ccccc2)ccc1CN1CC[C@@]2(O)CCNC[C@H]2C1.Cl.Cl. The van der Waals surface area contributed by atoms with Gasteiger partial charge in [0.2, 0.25) is 0 Å². The third-order valence-corrected chi connectivity index (χ3v) is 6.13. The van der Waals surface area contributed by atoms with Gasteiger partial charge >= 0.3 is 0 Å². The lowest BCUT2D eigenvalue weighted by molar-refractivity contribution is -0.0900. The Bertz CT molecular complexity index is 793. The summed E-state index contributed by atoms with van der Waals surface area (Å²) in [5.74, 6) is 1.97. The number of likely N-dealkylation sites (tertiary alicyclic amines) is 1. The van der Waals surface area contributed by atoms with Crippen molar-refractivity contribution in [1.82, 2.24) is 10.2 Å². The molecule has 2 aliphatic rings. The molecule has 0 radical (unpaired) electrons. The second-order valence-corrected chi connectivity index (χ2v) is 7.99. The van der Waals surface area contributed by atoms with Crippen LogP contribution >= 0.6 is 24.8 Å². The van der Waals surface area contributed by atoms with E-state index in [0.29, 0.717) is 12.5 Å². The van der Waals surface area contributed by atoms with Crippen molar-refractivity contribution in [2.24, 2.45) is 5.92 Å². The van der Waals surface area contributed by atoms with Gasteiger partial charge in [0.1, 0.15) is 18.1 Å². The Balaban J connectivity index is 0.00000160. The molecule has 0 aromatic heterocycles. The monoisotopic (exact) mass is 454 g/mol. The molecule has 2 aromatic rings. The molecule has 2 heterocycles. The highest BCUT2D eigenvalue weighted by Gasteiger charge is 2.42. The maximum Gasteiger partial charge on any atom is 0.127 e. The standard InChI is InChI=1S/C23H30N2O3.2ClH/c1-27-22-13-21(28-17-18-5-3-2-4-6-18)8-7-19(22)15-25-12-10-23(26)9-11-24-14-20(23)16-25;;/h2-8,13,20,24,26H,9-12,14-17H2,1H3;2*1H/t20-,23-;;/m0../s1. The molecule has 30 heavy (non-hydrogen) atoms. The molecule has 4 rings (SSSR count). The quantitative estimate of drug-likeness (QED) is 0.697. The van der Waals surface area contributed by atoms with Crippen molar-refractivity contribution in [1.29, 1.82) is 0 Å². The van der Waals surface area contributed by atoms with Crippen LogP contribution in [0.1, 0.15) is 24.0 Å². The summed E-state index contributed by atoms with van der Waals surface area (Å²) in [4.78, 5) is 2.43. The van der Waals surface area contributed by atoms with Gasteiger partial charge in [-0.05, 0) is 31.0 Å². The lowest BCUT2D eigenvalue weighted by Crippen LogP contribution is -2.58. The minimum atomic E-state index is -0.485. The molecule has 0 spiro atoms. The average Bonchev–Trinajstić information content (AvgIpc) is 2.74. The van der Waals surface area contributed by atoms with Crippen LogP contribution in [-0.4, -0.2) is 48.9 Å². The van der Waals surface area contributed by atoms with E-state index in [2.05, 4.69) is 28.4 Å². The maximum absolute atomic E-state index is 10.9.